The summed E-state index contributed by atoms with van der Waals surface area (Å²) in [7, 11) is -3.88. The first kappa shape index (κ1) is 14.3. The van der Waals surface area contributed by atoms with Crippen LogP contribution in [0.2, 0.25) is 10.0 Å². The molecular weight excluding hydrogens is 331 g/mol. The third-order valence-corrected chi connectivity index (χ3v) is 5.21. The minimum atomic E-state index is -3.88. The number of hydrogen-bond donors (Lipinski definition) is 2. The maximum absolute atomic E-state index is 12.1. The van der Waals surface area contributed by atoms with Crippen molar-refractivity contribution in [1.29, 1.82) is 0 Å². The van der Waals surface area contributed by atoms with Crippen LogP contribution in [0.25, 0.3) is 0 Å². The third-order valence-electron chi connectivity index (χ3n) is 2.13. The van der Waals surface area contributed by atoms with E-state index in [1.807, 2.05) is 0 Å². The number of hydrogen-bond acceptors (Lipinski definition) is 6. The van der Waals surface area contributed by atoms with Gasteiger partial charge in [0.1, 0.15) is 10.7 Å². The molecule has 0 aliphatic rings. The number of rotatable bonds is 3. The van der Waals surface area contributed by atoms with Crippen molar-refractivity contribution in [3.8, 4) is 0 Å². The number of nitrogens with zero attached hydrogens (tertiary/aromatic N) is 2. The van der Waals surface area contributed by atoms with E-state index in [-0.39, 0.29) is 25.8 Å². The summed E-state index contributed by atoms with van der Waals surface area (Å²) >= 11 is 12.6. The highest BCUT2D eigenvalue weighted by atomic mass is 35.5. The van der Waals surface area contributed by atoms with Crippen LogP contribution in [-0.2, 0) is 10.0 Å². The maximum Gasteiger partial charge on any atom is 0.265 e. The van der Waals surface area contributed by atoms with E-state index >= 15 is 0 Å². The van der Waals surface area contributed by atoms with Gasteiger partial charge < -0.3 is 5.73 Å². The smallest absolute Gasteiger partial charge is 0.265 e. The van der Waals surface area contributed by atoms with Gasteiger partial charge in [-0.2, -0.15) is 4.37 Å². The van der Waals surface area contributed by atoms with Gasteiger partial charge in [0.2, 0.25) is 5.13 Å². The summed E-state index contributed by atoms with van der Waals surface area (Å²) in [4.78, 5) is 3.74. The van der Waals surface area contributed by atoms with E-state index in [9.17, 15) is 8.42 Å². The van der Waals surface area contributed by atoms with E-state index < -0.39 is 10.0 Å². The zero-order valence-electron chi connectivity index (χ0n) is 9.52. The van der Waals surface area contributed by atoms with Crippen molar-refractivity contribution in [1.82, 2.24) is 9.36 Å². The molecule has 0 bridgehead atoms. The quantitative estimate of drug-likeness (QED) is 0.838. The number of aryl methyl sites for hydroxylation is 1. The Balaban J connectivity index is 2.43. The number of anilines is 2. The van der Waals surface area contributed by atoms with E-state index in [0.29, 0.717) is 5.82 Å². The normalized spacial score (nSPS) is 11.5. The number of nitrogen functional groups attached to an aromatic ring is 1. The summed E-state index contributed by atoms with van der Waals surface area (Å²) < 4.78 is 30.4. The minimum Gasteiger partial charge on any atom is -0.396 e. The monoisotopic (exact) mass is 338 g/mol. The van der Waals surface area contributed by atoms with Crippen LogP contribution in [-0.4, -0.2) is 17.8 Å². The molecule has 102 valence electrons. The van der Waals surface area contributed by atoms with Gasteiger partial charge in [0.15, 0.2) is 0 Å². The first-order valence-corrected chi connectivity index (χ1v) is 7.89. The fraction of sp³-hybridized carbons (Fsp3) is 0.111. The molecule has 2 aromatic rings. The van der Waals surface area contributed by atoms with Crippen LogP contribution in [0, 0.1) is 6.92 Å². The molecule has 0 radical (unpaired) electrons. The highest BCUT2D eigenvalue weighted by molar-refractivity contribution is 7.93. The molecule has 2 rings (SSSR count). The van der Waals surface area contributed by atoms with Crippen LogP contribution in [0.15, 0.2) is 17.0 Å². The average molecular weight is 339 g/mol. The Kier molecular flexibility index (Phi) is 3.86. The molecular formula is C9H8Cl2N4O2S2. The largest absolute Gasteiger partial charge is 0.396 e. The second-order valence-electron chi connectivity index (χ2n) is 3.53. The number of aromatic nitrogens is 2. The van der Waals surface area contributed by atoms with Crippen molar-refractivity contribution < 1.29 is 8.42 Å². The van der Waals surface area contributed by atoms with Gasteiger partial charge in [0.05, 0.1) is 15.7 Å². The minimum absolute atomic E-state index is 0.0136. The van der Waals surface area contributed by atoms with Crippen molar-refractivity contribution in [2.45, 2.75) is 11.8 Å². The Labute approximate surface area is 123 Å². The van der Waals surface area contributed by atoms with Crippen molar-refractivity contribution >= 4 is 55.6 Å². The van der Waals surface area contributed by atoms with Crippen LogP contribution in [0.4, 0.5) is 10.8 Å². The van der Waals surface area contributed by atoms with Crippen molar-refractivity contribution in [2.75, 3.05) is 10.5 Å². The topological polar surface area (TPSA) is 98.0 Å². The van der Waals surface area contributed by atoms with Gasteiger partial charge in [0.25, 0.3) is 10.0 Å². The number of sulfonamides is 1. The van der Waals surface area contributed by atoms with E-state index in [4.69, 9.17) is 28.9 Å². The molecule has 0 aliphatic carbocycles. The number of nitrogens with two attached hydrogens (primary N) is 1. The molecule has 0 saturated carbocycles. The average Bonchev–Trinajstić information content (AvgIpc) is 2.70. The molecule has 0 atom stereocenters. The van der Waals surface area contributed by atoms with Crippen LogP contribution in [0.5, 0.6) is 0 Å². The molecule has 0 fully saturated rings. The molecule has 0 spiro atoms. The summed E-state index contributed by atoms with van der Waals surface area (Å²) in [5, 5.41) is 0.221. The second kappa shape index (κ2) is 5.12. The van der Waals surface area contributed by atoms with Crippen LogP contribution in [0.1, 0.15) is 5.82 Å². The summed E-state index contributed by atoms with van der Waals surface area (Å²) in [6, 6.07) is 2.64. The van der Waals surface area contributed by atoms with Gasteiger partial charge >= 0.3 is 0 Å². The molecule has 0 saturated heterocycles. The molecule has 10 heteroatoms. The molecule has 3 N–H and O–H groups in total. The van der Waals surface area contributed by atoms with Crippen molar-refractivity contribution in [2.24, 2.45) is 0 Å². The van der Waals surface area contributed by atoms with Gasteiger partial charge in [-0.25, -0.2) is 13.4 Å². The Morgan fingerprint density at radius 3 is 2.63 bits per heavy atom. The Bertz CT molecular complexity index is 730. The molecule has 1 aromatic carbocycles. The van der Waals surface area contributed by atoms with E-state index in [0.717, 1.165) is 11.5 Å². The maximum atomic E-state index is 12.1. The summed E-state index contributed by atoms with van der Waals surface area (Å²) in [5.41, 5.74) is 5.61. The zero-order valence-corrected chi connectivity index (χ0v) is 12.7. The third kappa shape index (κ3) is 2.92. The number of nitrogens with one attached hydrogen (secondary N) is 1. The number of halogens is 2. The Morgan fingerprint density at radius 1 is 1.37 bits per heavy atom. The second-order valence-corrected chi connectivity index (χ2v) is 6.71. The first-order valence-electron chi connectivity index (χ1n) is 4.88. The fourth-order valence-corrected chi connectivity index (χ4v) is 3.83. The lowest BCUT2D eigenvalue weighted by Gasteiger charge is -2.09. The Hall–Kier alpha value is -1.09. The standard InChI is InChI=1S/C9H8Cl2N4O2S2/c1-4-13-9(18-14-4)15-19(16,17)6-3-2-5(10)8(12)7(6)11/h2-3H,12H2,1H3,(H,13,14,15). The lowest BCUT2D eigenvalue weighted by molar-refractivity contribution is 0.601. The molecule has 1 aromatic heterocycles. The number of benzene rings is 1. The molecule has 0 unspecified atom stereocenters. The molecule has 6 nitrogen and oxygen atoms in total. The van der Waals surface area contributed by atoms with Crippen molar-refractivity contribution in [3.05, 3.63) is 28.0 Å². The predicted octanol–water partition coefficient (Wildman–Crippen LogP) is 2.54. The molecule has 1 heterocycles. The summed E-state index contributed by atoms with van der Waals surface area (Å²) in [6.45, 7) is 1.65. The highest BCUT2D eigenvalue weighted by Gasteiger charge is 2.22. The fourth-order valence-electron chi connectivity index (χ4n) is 1.27. The van der Waals surface area contributed by atoms with E-state index in [1.165, 1.54) is 12.1 Å². The lowest BCUT2D eigenvalue weighted by Crippen LogP contribution is -2.14. The lowest BCUT2D eigenvalue weighted by atomic mass is 10.3. The zero-order chi connectivity index (χ0) is 14.2. The van der Waals surface area contributed by atoms with Gasteiger partial charge in [-0.1, -0.05) is 23.2 Å². The van der Waals surface area contributed by atoms with Gasteiger partial charge in [-0.3, -0.25) is 4.72 Å². The highest BCUT2D eigenvalue weighted by Crippen LogP contribution is 2.33. The molecule has 19 heavy (non-hydrogen) atoms. The summed E-state index contributed by atoms with van der Waals surface area (Å²) in [6.07, 6.45) is 0. The van der Waals surface area contributed by atoms with Crippen LogP contribution in [0.3, 0.4) is 0 Å². The van der Waals surface area contributed by atoms with Crippen LogP contribution >= 0.6 is 34.7 Å². The first-order chi connectivity index (χ1) is 8.81. The molecule has 0 aliphatic heterocycles. The van der Waals surface area contributed by atoms with Gasteiger partial charge in [0, 0.05) is 11.5 Å². The molecule has 0 amide bonds. The van der Waals surface area contributed by atoms with Gasteiger partial charge in [-0.05, 0) is 19.1 Å². The van der Waals surface area contributed by atoms with Gasteiger partial charge in [-0.15, -0.1) is 0 Å². The van der Waals surface area contributed by atoms with Crippen LogP contribution < -0.4 is 10.5 Å². The van der Waals surface area contributed by atoms with E-state index in [2.05, 4.69) is 14.1 Å². The van der Waals surface area contributed by atoms with E-state index in [1.54, 1.807) is 6.92 Å². The summed E-state index contributed by atoms with van der Waals surface area (Å²) in [5.74, 6) is 0.476. The Morgan fingerprint density at radius 2 is 2.05 bits per heavy atom. The van der Waals surface area contributed by atoms with Crippen molar-refractivity contribution in [3.63, 3.8) is 0 Å². The SMILES string of the molecule is Cc1nsc(NS(=O)(=O)c2ccc(Cl)c(N)c2Cl)n1. The predicted molar refractivity (Wildman–Crippen MR) is 76.3 cm³/mol.